The zero-order valence-corrected chi connectivity index (χ0v) is 15.0. The third-order valence-corrected chi connectivity index (χ3v) is 7.00. The first-order valence-electron chi connectivity index (χ1n) is 8.05. The van der Waals surface area contributed by atoms with Crippen LogP contribution in [0.25, 0.3) is 0 Å². The van der Waals surface area contributed by atoms with E-state index in [0.29, 0.717) is 23.1 Å². The lowest BCUT2D eigenvalue weighted by Crippen LogP contribution is -2.35. The van der Waals surface area contributed by atoms with Gasteiger partial charge in [-0.3, -0.25) is 0 Å². The van der Waals surface area contributed by atoms with Crippen LogP contribution in [0.4, 0.5) is 4.39 Å². The van der Waals surface area contributed by atoms with Gasteiger partial charge in [-0.15, -0.1) is 0 Å². The summed E-state index contributed by atoms with van der Waals surface area (Å²) in [4.78, 5) is 0. The predicted octanol–water partition coefficient (Wildman–Crippen LogP) is 3.65. The number of nitrogens with two attached hydrogens (primary N) is 1. The van der Waals surface area contributed by atoms with Crippen LogP contribution in [0, 0.1) is 17.1 Å². The number of nitriles is 1. The second-order valence-corrected chi connectivity index (χ2v) is 8.40. The lowest BCUT2D eigenvalue weighted by atomic mass is 10.0. The van der Waals surface area contributed by atoms with Crippen LogP contribution >= 0.6 is 0 Å². The van der Waals surface area contributed by atoms with E-state index >= 15 is 0 Å². The molecule has 2 aromatic rings. The molecule has 0 spiro atoms. The lowest BCUT2D eigenvalue weighted by Gasteiger charge is -2.27. The molecule has 0 aliphatic rings. The summed E-state index contributed by atoms with van der Waals surface area (Å²) in [5.41, 5.74) is 7.66. The van der Waals surface area contributed by atoms with Gasteiger partial charge in [-0.25, -0.2) is 12.8 Å². The van der Waals surface area contributed by atoms with Crippen molar-refractivity contribution in [3.8, 4) is 6.07 Å². The van der Waals surface area contributed by atoms with Crippen LogP contribution in [0.15, 0.2) is 48.5 Å². The summed E-state index contributed by atoms with van der Waals surface area (Å²) in [5.74, 6) is -0.426. The maximum absolute atomic E-state index is 13.2. The minimum absolute atomic E-state index is 0.426. The Morgan fingerprint density at radius 2 is 1.60 bits per heavy atom. The quantitative estimate of drug-likeness (QED) is 0.852. The highest BCUT2D eigenvalue weighted by Crippen LogP contribution is 2.36. The molecule has 132 valence electrons. The minimum atomic E-state index is -3.68. The summed E-state index contributed by atoms with van der Waals surface area (Å²) in [5, 5.41) is 7.15. The summed E-state index contributed by atoms with van der Waals surface area (Å²) in [6.07, 6.45) is 0.474. The first-order chi connectivity index (χ1) is 11.8. The van der Waals surface area contributed by atoms with Gasteiger partial charge in [-0.05, 0) is 48.7 Å². The second kappa shape index (κ2) is 7.77. The second-order valence-electron chi connectivity index (χ2n) is 6.01. The molecule has 0 bridgehead atoms. The van der Waals surface area contributed by atoms with Crippen LogP contribution in [0.1, 0.15) is 47.5 Å². The predicted molar refractivity (Wildman–Crippen MR) is 95.9 cm³/mol. The number of hydrogen-bond acceptors (Lipinski definition) is 4. The molecule has 4 nitrogen and oxygen atoms in total. The highest BCUT2D eigenvalue weighted by molar-refractivity contribution is 7.91. The molecule has 0 saturated carbocycles. The Morgan fingerprint density at radius 3 is 2.08 bits per heavy atom. The maximum atomic E-state index is 13.2. The number of nitrogens with zero attached hydrogens (tertiary/aromatic N) is 1. The third kappa shape index (κ3) is 4.06. The first kappa shape index (κ1) is 19.1. The van der Waals surface area contributed by atoms with Crippen LogP contribution in [0.2, 0.25) is 0 Å². The van der Waals surface area contributed by atoms with Crippen molar-refractivity contribution in [3.05, 3.63) is 71.0 Å². The van der Waals surface area contributed by atoms with Gasteiger partial charge in [-0.2, -0.15) is 5.26 Å². The van der Waals surface area contributed by atoms with Crippen molar-refractivity contribution >= 4 is 9.84 Å². The fourth-order valence-corrected chi connectivity index (χ4v) is 4.98. The molecule has 3 atom stereocenters. The van der Waals surface area contributed by atoms with Gasteiger partial charge in [0.1, 0.15) is 11.1 Å². The molecule has 2 rings (SSSR count). The summed E-state index contributed by atoms with van der Waals surface area (Å²) in [7, 11) is -3.68. The van der Waals surface area contributed by atoms with E-state index < -0.39 is 32.2 Å². The maximum Gasteiger partial charge on any atom is 0.165 e. The van der Waals surface area contributed by atoms with Gasteiger partial charge >= 0.3 is 0 Å². The molecular weight excluding hydrogens is 339 g/mol. The molecule has 0 amide bonds. The number of rotatable bonds is 6. The molecule has 2 N–H and O–H groups in total. The van der Waals surface area contributed by atoms with Crippen LogP contribution < -0.4 is 5.73 Å². The highest BCUT2D eigenvalue weighted by atomic mass is 32.2. The Bertz CT molecular complexity index is 856. The van der Waals surface area contributed by atoms with Gasteiger partial charge in [0, 0.05) is 6.04 Å². The molecule has 25 heavy (non-hydrogen) atoms. The zero-order valence-electron chi connectivity index (χ0n) is 14.2. The van der Waals surface area contributed by atoms with Crippen LogP contribution in [-0.4, -0.2) is 14.5 Å². The van der Waals surface area contributed by atoms with Crippen molar-refractivity contribution in [1.82, 2.24) is 0 Å². The molecule has 0 saturated heterocycles. The topological polar surface area (TPSA) is 84.0 Å². The molecule has 6 heteroatoms. The number of sulfone groups is 1. The molecular formula is C19H21FN2O2S. The average molecular weight is 360 g/mol. The van der Waals surface area contributed by atoms with Crippen molar-refractivity contribution in [3.63, 3.8) is 0 Å². The Kier molecular flexibility index (Phi) is 5.93. The van der Waals surface area contributed by atoms with E-state index in [0.717, 1.165) is 0 Å². The van der Waals surface area contributed by atoms with Gasteiger partial charge < -0.3 is 5.73 Å². The van der Waals surface area contributed by atoms with Crippen molar-refractivity contribution in [1.29, 1.82) is 5.26 Å². The number of benzene rings is 2. The van der Waals surface area contributed by atoms with Gasteiger partial charge in [0.05, 0.1) is 16.9 Å². The van der Waals surface area contributed by atoms with E-state index in [9.17, 15) is 12.8 Å². The molecule has 0 aliphatic heterocycles. The van der Waals surface area contributed by atoms with Crippen LogP contribution in [-0.2, 0) is 9.84 Å². The van der Waals surface area contributed by atoms with Gasteiger partial charge in [-0.1, -0.05) is 31.2 Å². The van der Waals surface area contributed by atoms with Gasteiger partial charge in [0.2, 0.25) is 0 Å². The fourth-order valence-electron chi connectivity index (χ4n) is 2.79. The van der Waals surface area contributed by atoms with E-state index in [1.165, 1.54) is 24.3 Å². The minimum Gasteiger partial charge on any atom is -0.326 e. The standard InChI is InChI=1S/C19H21FN2O2S/c1-3-18(22)19(16-8-10-17(20)11-9-16)25(23,24)13(2)15-6-4-14(12-21)5-7-15/h4-11,13,18-19H,3,22H2,1-2H3. The van der Waals surface area contributed by atoms with E-state index in [-0.39, 0.29) is 0 Å². The Balaban J connectivity index is 2.46. The summed E-state index contributed by atoms with van der Waals surface area (Å²) >= 11 is 0. The number of hydrogen-bond donors (Lipinski definition) is 1. The summed E-state index contributed by atoms with van der Waals surface area (Å²) < 4.78 is 39.7. The molecule has 0 radical (unpaired) electrons. The van der Waals surface area contributed by atoms with Crippen LogP contribution in [0.3, 0.4) is 0 Å². The van der Waals surface area contributed by atoms with E-state index in [1.54, 1.807) is 31.2 Å². The largest absolute Gasteiger partial charge is 0.326 e. The Morgan fingerprint density at radius 1 is 1.08 bits per heavy atom. The fraction of sp³-hybridized carbons (Fsp3) is 0.316. The van der Waals surface area contributed by atoms with E-state index in [1.807, 2.05) is 13.0 Å². The Hall–Kier alpha value is -2.23. The average Bonchev–Trinajstić information content (AvgIpc) is 2.62. The monoisotopic (exact) mass is 360 g/mol. The van der Waals surface area contributed by atoms with Crippen LogP contribution in [0.5, 0.6) is 0 Å². The van der Waals surface area contributed by atoms with Gasteiger partial charge in [0.25, 0.3) is 0 Å². The molecule has 0 aromatic heterocycles. The SMILES string of the molecule is CCC(N)C(c1ccc(F)cc1)S(=O)(=O)C(C)c1ccc(C#N)cc1. The number of halogens is 1. The molecule has 0 aliphatic carbocycles. The zero-order chi connectivity index (χ0) is 18.6. The summed E-state index contributed by atoms with van der Waals surface area (Å²) in [6.45, 7) is 3.43. The smallest absolute Gasteiger partial charge is 0.165 e. The van der Waals surface area contributed by atoms with Crippen molar-refractivity contribution in [2.75, 3.05) is 0 Å². The van der Waals surface area contributed by atoms with Crippen molar-refractivity contribution < 1.29 is 12.8 Å². The molecule has 0 fully saturated rings. The molecule has 2 aromatic carbocycles. The Labute approximate surface area is 148 Å². The van der Waals surface area contributed by atoms with Gasteiger partial charge in [0.15, 0.2) is 9.84 Å². The van der Waals surface area contributed by atoms with E-state index in [4.69, 9.17) is 11.0 Å². The lowest BCUT2D eigenvalue weighted by molar-refractivity contribution is 0.537. The molecule has 0 heterocycles. The van der Waals surface area contributed by atoms with Crippen molar-refractivity contribution in [2.45, 2.75) is 36.8 Å². The first-order valence-corrected chi connectivity index (χ1v) is 9.66. The third-order valence-electron chi connectivity index (χ3n) is 4.41. The summed E-state index contributed by atoms with van der Waals surface area (Å²) in [6, 6.07) is 13.3. The molecule has 3 unspecified atom stereocenters. The highest BCUT2D eigenvalue weighted by Gasteiger charge is 2.37. The normalized spacial score (nSPS) is 15.2. The van der Waals surface area contributed by atoms with Crippen molar-refractivity contribution in [2.24, 2.45) is 5.73 Å². The van der Waals surface area contributed by atoms with E-state index in [2.05, 4.69) is 0 Å².